The van der Waals surface area contributed by atoms with Crippen LogP contribution in [-0.2, 0) is 0 Å². The summed E-state index contributed by atoms with van der Waals surface area (Å²) >= 11 is 0. The van der Waals surface area contributed by atoms with Crippen LogP contribution in [0, 0.1) is 0 Å². The first-order chi connectivity index (χ1) is 6.90. The van der Waals surface area contributed by atoms with E-state index in [0.29, 0.717) is 5.88 Å². The number of methoxy groups -OCH3 is 1. The highest BCUT2D eigenvalue weighted by Gasteiger charge is 1.99. The Balaban J connectivity index is 2.34. The third kappa shape index (κ3) is 1.69. The van der Waals surface area contributed by atoms with Gasteiger partial charge in [-0.15, -0.1) is 0 Å². The van der Waals surface area contributed by atoms with E-state index in [-0.39, 0.29) is 0 Å². The molecular formula is C10H9N3O. The molecule has 0 fully saturated rings. The Labute approximate surface area is 81.6 Å². The summed E-state index contributed by atoms with van der Waals surface area (Å²) in [5, 5.41) is 0. The first-order valence-corrected chi connectivity index (χ1v) is 4.16. The van der Waals surface area contributed by atoms with Crippen LogP contribution in [-0.4, -0.2) is 22.1 Å². The Morgan fingerprint density at radius 2 is 2.00 bits per heavy atom. The van der Waals surface area contributed by atoms with E-state index in [4.69, 9.17) is 4.74 Å². The summed E-state index contributed by atoms with van der Waals surface area (Å²) in [7, 11) is 1.59. The Morgan fingerprint density at radius 3 is 2.57 bits per heavy atom. The summed E-state index contributed by atoms with van der Waals surface area (Å²) in [5.41, 5.74) is 1.74. The van der Waals surface area contributed by atoms with E-state index >= 15 is 0 Å². The maximum absolute atomic E-state index is 4.96. The molecule has 0 unspecified atom stereocenters. The van der Waals surface area contributed by atoms with Gasteiger partial charge in [-0.25, -0.2) is 4.98 Å². The highest BCUT2D eigenvalue weighted by molar-refractivity contribution is 5.56. The topological polar surface area (TPSA) is 47.9 Å². The number of nitrogens with zero attached hydrogens (tertiary/aromatic N) is 3. The van der Waals surface area contributed by atoms with Crippen LogP contribution in [0.3, 0.4) is 0 Å². The lowest BCUT2D eigenvalue weighted by Gasteiger charge is -2.00. The van der Waals surface area contributed by atoms with Crippen LogP contribution in [0.4, 0.5) is 0 Å². The van der Waals surface area contributed by atoms with E-state index in [2.05, 4.69) is 15.0 Å². The normalized spacial score (nSPS) is 9.79. The van der Waals surface area contributed by atoms with Crippen LogP contribution >= 0.6 is 0 Å². The molecule has 14 heavy (non-hydrogen) atoms. The van der Waals surface area contributed by atoms with Crippen LogP contribution < -0.4 is 4.74 Å². The first-order valence-electron chi connectivity index (χ1n) is 4.16. The van der Waals surface area contributed by atoms with E-state index in [9.17, 15) is 0 Å². The van der Waals surface area contributed by atoms with Gasteiger partial charge < -0.3 is 4.74 Å². The smallest absolute Gasteiger partial charge is 0.212 e. The monoisotopic (exact) mass is 187 g/mol. The molecule has 2 aromatic heterocycles. The molecule has 0 aliphatic heterocycles. The molecule has 0 aliphatic carbocycles. The minimum atomic E-state index is 0.595. The van der Waals surface area contributed by atoms with Gasteiger partial charge in [0, 0.05) is 30.2 Å². The largest absolute Gasteiger partial charge is 0.481 e. The fraction of sp³-hybridized carbons (Fsp3) is 0.100. The van der Waals surface area contributed by atoms with Crippen molar-refractivity contribution in [3.8, 4) is 17.1 Å². The van der Waals surface area contributed by atoms with Gasteiger partial charge in [0.05, 0.1) is 19.0 Å². The molecule has 70 valence electrons. The van der Waals surface area contributed by atoms with Gasteiger partial charge in [0.25, 0.3) is 0 Å². The van der Waals surface area contributed by atoms with E-state index < -0.39 is 0 Å². The van der Waals surface area contributed by atoms with Crippen molar-refractivity contribution in [3.05, 3.63) is 36.9 Å². The number of aromatic nitrogens is 3. The highest BCUT2D eigenvalue weighted by atomic mass is 16.5. The van der Waals surface area contributed by atoms with Crippen molar-refractivity contribution in [1.82, 2.24) is 15.0 Å². The third-order valence-electron chi connectivity index (χ3n) is 1.80. The number of rotatable bonds is 2. The van der Waals surface area contributed by atoms with Crippen LogP contribution in [0.5, 0.6) is 5.88 Å². The van der Waals surface area contributed by atoms with Crippen molar-refractivity contribution in [2.45, 2.75) is 0 Å². The van der Waals surface area contributed by atoms with Crippen molar-refractivity contribution < 1.29 is 4.74 Å². The summed E-state index contributed by atoms with van der Waals surface area (Å²) < 4.78 is 4.96. The summed E-state index contributed by atoms with van der Waals surface area (Å²) in [5.74, 6) is 0.595. The van der Waals surface area contributed by atoms with Crippen molar-refractivity contribution in [1.29, 1.82) is 0 Å². The summed E-state index contributed by atoms with van der Waals surface area (Å²) in [6.45, 7) is 0. The minimum Gasteiger partial charge on any atom is -0.481 e. The highest BCUT2D eigenvalue weighted by Crippen LogP contribution is 2.16. The van der Waals surface area contributed by atoms with Gasteiger partial charge in [0.2, 0.25) is 5.88 Å². The molecule has 0 aromatic carbocycles. The van der Waals surface area contributed by atoms with Gasteiger partial charge in [0.1, 0.15) is 0 Å². The molecule has 0 aliphatic rings. The van der Waals surface area contributed by atoms with Gasteiger partial charge in [-0.1, -0.05) is 0 Å². The molecule has 2 heterocycles. The van der Waals surface area contributed by atoms with Gasteiger partial charge in [-0.3, -0.25) is 9.97 Å². The van der Waals surface area contributed by atoms with Crippen LogP contribution in [0.15, 0.2) is 36.9 Å². The van der Waals surface area contributed by atoms with Crippen LogP contribution in [0.1, 0.15) is 0 Å². The Kier molecular flexibility index (Phi) is 2.36. The van der Waals surface area contributed by atoms with Crippen LogP contribution in [0.25, 0.3) is 11.3 Å². The first kappa shape index (κ1) is 8.62. The zero-order valence-electron chi connectivity index (χ0n) is 7.71. The molecule has 0 saturated heterocycles. The van der Waals surface area contributed by atoms with Crippen molar-refractivity contribution in [2.24, 2.45) is 0 Å². The molecule has 4 heteroatoms. The lowest BCUT2D eigenvalue weighted by atomic mass is 10.2. The molecule has 0 N–H and O–H groups in total. The Hall–Kier alpha value is -1.97. The van der Waals surface area contributed by atoms with Crippen LogP contribution in [0.2, 0.25) is 0 Å². The standard InChI is InChI=1S/C10H9N3O/c1-14-10-3-2-8(6-13-10)9-7-11-4-5-12-9/h2-7H,1H3. The van der Waals surface area contributed by atoms with Crippen molar-refractivity contribution in [3.63, 3.8) is 0 Å². The second-order valence-electron chi connectivity index (χ2n) is 2.68. The van der Waals surface area contributed by atoms with E-state index in [1.165, 1.54) is 0 Å². The van der Waals surface area contributed by atoms with E-state index in [0.717, 1.165) is 11.3 Å². The molecular weight excluding hydrogens is 178 g/mol. The summed E-state index contributed by atoms with van der Waals surface area (Å²) in [6.07, 6.45) is 6.70. The Bertz CT molecular complexity index is 399. The predicted octanol–water partition coefficient (Wildman–Crippen LogP) is 1.55. The van der Waals surface area contributed by atoms with Crippen molar-refractivity contribution in [2.75, 3.05) is 7.11 Å². The van der Waals surface area contributed by atoms with Crippen molar-refractivity contribution >= 4 is 0 Å². The second-order valence-corrected chi connectivity index (χ2v) is 2.68. The molecule has 0 radical (unpaired) electrons. The van der Waals surface area contributed by atoms with E-state index in [1.54, 1.807) is 38.0 Å². The lowest BCUT2D eigenvalue weighted by Crippen LogP contribution is -1.88. The lowest BCUT2D eigenvalue weighted by molar-refractivity contribution is 0.398. The zero-order chi connectivity index (χ0) is 9.80. The molecule has 2 aromatic rings. The van der Waals surface area contributed by atoms with Gasteiger partial charge in [0.15, 0.2) is 0 Å². The number of pyridine rings is 1. The molecule has 0 bridgehead atoms. The Morgan fingerprint density at radius 1 is 1.07 bits per heavy atom. The summed E-state index contributed by atoms with van der Waals surface area (Å²) in [4.78, 5) is 12.2. The maximum Gasteiger partial charge on any atom is 0.212 e. The fourth-order valence-corrected chi connectivity index (χ4v) is 1.10. The van der Waals surface area contributed by atoms with Gasteiger partial charge >= 0.3 is 0 Å². The third-order valence-corrected chi connectivity index (χ3v) is 1.80. The molecule has 0 amide bonds. The maximum atomic E-state index is 4.96. The molecule has 2 rings (SSSR count). The molecule has 0 atom stereocenters. The number of hydrogen-bond acceptors (Lipinski definition) is 4. The molecule has 0 saturated carbocycles. The zero-order valence-corrected chi connectivity index (χ0v) is 7.71. The second kappa shape index (κ2) is 3.83. The number of hydrogen-bond donors (Lipinski definition) is 0. The average molecular weight is 187 g/mol. The molecule has 4 nitrogen and oxygen atoms in total. The average Bonchev–Trinajstić information content (AvgIpc) is 2.30. The molecule has 0 spiro atoms. The summed E-state index contributed by atoms with van der Waals surface area (Å²) in [6, 6.07) is 3.69. The van der Waals surface area contributed by atoms with E-state index in [1.807, 2.05) is 6.07 Å². The predicted molar refractivity (Wildman–Crippen MR) is 51.8 cm³/mol. The fourth-order valence-electron chi connectivity index (χ4n) is 1.10. The quantitative estimate of drug-likeness (QED) is 0.715. The minimum absolute atomic E-state index is 0.595. The SMILES string of the molecule is COc1ccc(-c2cnccn2)cn1. The number of ether oxygens (including phenoxy) is 1. The van der Waals surface area contributed by atoms with Gasteiger partial charge in [-0.2, -0.15) is 0 Å². The van der Waals surface area contributed by atoms with Gasteiger partial charge in [-0.05, 0) is 6.07 Å².